The zero-order chi connectivity index (χ0) is 9.90. The minimum Gasteiger partial charge on any atom is -0.478 e. The molecule has 1 fully saturated rings. The van der Waals surface area contributed by atoms with Crippen LogP contribution in [0.4, 0.5) is 8.78 Å². The van der Waals surface area contributed by atoms with Crippen molar-refractivity contribution in [1.82, 2.24) is 0 Å². The van der Waals surface area contributed by atoms with Crippen LogP contribution in [-0.4, -0.2) is 17.0 Å². The van der Waals surface area contributed by atoms with Crippen molar-refractivity contribution in [3.05, 3.63) is 11.6 Å². The normalized spacial score (nSPS) is 25.5. The average Bonchev–Trinajstić information content (AvgIpc) is 2.13. The van der Waals surface area contributed by atoms with Gasteiger partial charge in [0.15, 0.2) is 0 Å². The zero-order valence-electron chi connectivity index (χ0n) is 7.22. The molecule has 1 saturated carbocycles. The number of hydrogen-bond acceptors (Lipinski definition) is 1. The molecule has 13 heavy (non-hydrogen) atoms. The van der Waals surface area contributed by atoms with Crippen molar-refractivity contribution in [3.63, 3.8) is 0 Å². The van der Waals surface area contributed by atoms with E-state index in [0.717, 1.165) is 6.42 Å². The monoisotopic (exact) mass is 190 g/mol. The van der Waals surface area contributed by atoms with E-state index in [-0.39, 0.29) is 18.4 Å². The predicted octanol–water partition coefficient (Wildman–Crippen LogP) is 2.60. The SMILES string of the molecule is O=C(O)C=C1CCCCCC1(F)F. The number of alkyl halides is 2. The lowest BCUT2D eigenvalue weighted by molar-refractivity contribution is -0.131. The molecule has 0 bridgehead atoms. The van der Waals surface area contributed by atoms with Crippen LogP contribution in [0.25, 0.3) is 0 Å². The van der Waals surface area contributed by atoms with E-state index in [4.69, 9.17) is 5.11 Å². The first-order valence-electron chi connectivity index (χ1n) is 4.34. The Labute approximate surface area is 75.3 Å². The fraction of sp³-hybridized carbons (Fsp3) is 0.667. The molecule has 0 amide bonds. The molecule has 1 N–H and O–H groups in total. The first kappa shape index (κ1) is 10.2. The van der Waals surface area contributed by atoms with Gasteiger partial charge < -0.3 is 5.11 Å². The van der Waals surface area contributed by atoms with Crippen LogP contribution in [-0.2, 0) is 4.79 Å². The van der Waals surface area contributed by atoms with E-state index in [9.17, 15) is 13.6 Å². The largest absolute Gasteiger partial charge is 0.478 e. The second-order valence-corrected chi connectivity index (χ2v) is 3.27. The highest BCUT2D eigenvalue weighted by Gasteiger charge is 2.35. The van der Waals surface area contributed by atoms with E-state index in [1.807, 2.05) is 0 Å². The third-order valence-electron chi connectivity index (χ3n) is 2.20. The number of rotatable bonds is 1. The Bertz CT molecular complexity index is 234. The number of hydrogen-bond donors (Lipinski definition) is 1. The summed E-state index contributed by atoms with van der Waals surface area (Å²) in [6.07, 6.45) is 2.54. The fourth-order valence-corrected chi connectivity index (χ4v) is 1.51. The van der Waals surface area contributed by atoms with Gasteiger partial charge in [0.25, 0.3) is 5.92 Å². The van der Waals surface area contributed by atoms with Crippen LogP contribution >= 0.6 is 0 Å². The van der Waals surface area contributed by atoms with Gasteiger partial charge in [-0.25, -0.2) is 13.6 Å². The summed E-state index contributed by atoms with van der Waals surface area (Å²) in [5.74, 6) is -4.19. The van der Waals surface area contributed by atoms with Gasteiger partial charge in [0.2, 0.25) is 0 Å². The number of allylic oxidation sites excluding steroid dienone is 1. The molecule has 0 heterocycles. The van der Waals surface area contributed by atoms with Gasteiger partial charge in [0, 0.05) is 18.1 Å². The summed E-state index contributed by atoms with van der Waals surface area (Å²) < 4.78 is 26.3. The van der Waals surface area contributed by atoms with Crippen molar-refractivity contribution in [2.24, 2.45) is 0 Å². The minimum absolute atomic E-state index is 0.208. The standard InChI is InChI=1S/C9H12F2O2/c10-9(11)5-3-1-2-4-7(9)6-8(12)13/h6H,1-5H2,(H,12,13). The summed E-state index contributed by atoms with van der Waals surface area (Å²) >= 11 is 0. The molecule has 4 heteroatoms. The van der Waals surface area contributed by atoms with Crippen molar-refractivity contribution in [2.75, 3.05) is 0 Å². The summed E-state index contributed by atoms with van der Waals surface area (Å²) in [4.78, 5) is 10.3. The van der Waals surface area contributed by atoms with Gasteiger partial charge in [-0.3, -0.25) is 0 Å². The molecule has 1 aliphatic rings. The van der Waals surface area contributed by atoms with Gasteiger partial charge in [-0.1, -0.05) is 6.42 Å². The summed E-state index contributed by atoms with van der Waals surface area (Å²) in [6.45, 7) is 0. The van der Waals surface area contributed by atoms with Gasteiger partial charge in [0.05, 0.1) is 0 Å². The number of aliphatic carboxylic acids is 1. The Morgan fingerprint density at radius 2 is 2.08 bits per heavy atom. The predicted molar refractivity (Wildman–Crippen MR) is 43.8 cm³/mol. The third kappa shape index (κ3) is 2.79. The van der Waals surface area contributed by atoms with Crippen molar-refractivity contribution in [3.8, 4) is 0 Å². The first-order valence-corrected chi connectivity index (χ1v) is 4.34. The van der Waals surface area contributed by atoms with Gasteiger partial charge in [-0.15, -0.1) is 0 Å². The molecule has 0 aromatic rings. The summed E-state index contributed by atoms with van der Waals surface area (Å²) in [6, 6.07) is 0. The molecule has 0 aromatic carbocycles. The molecule has 1 rings (SSSR count). The van der Waals surface area contributed by atoms with Crippen LogP contribution in [0.3, 0.4) is 0 Å². The van der Waals surface area contributed by atoms with E-state index >= 15 is 0 Å². The molecular weight excluding hydrogens is 178 g/mol. The quantitative estimate of drug-likeness (QED) is 0.509. The topological polar surface area (TPSA) is 37.3 Å². The number of carboxylic acids is 1. The highest BCUT2D eigenvalue weighted by atomic mass is 19.3. The number of halogens is 2. The van der Waals surface area contributed by atoms with E-state index in [1.54, 1.807) is 0 Å². The Kier molecular flexibility index (Phi) is 3.01. The molecular formula is C9H12F2O2. The molecule has 0 aromatic heterocycles. The summed E-state index contributed by atoms with van der Waals surface area (Å²) in [5.41, 5.74) is -0.225. The highest BCUT2D eigenvalue weighted by molar-refractivity contribution is 5.81. The fourth-order valence-electron chi connectivity index (χ4n) is 1.51. The van der Waals surface area contributed by atoms with Gasteiger partial charge >= 0.3 is 5.97 Å². The summed E-state index contributed by atoms with van der Waals surface area (Å²) in [7, 11) is 0. The van der Waals surface area contributed by atoms with E-state index < -0.39 is 11.9 Å². The van der Waals surface area contributed by atoms with E-state index in [0.29, 0.717) is 18.9 Å². The average molecular weight is 190 g/mol. The first-order chi connectivity index (χ1) is 6.02. The lowest BCUT2D eigenvalue weighted by Crippen LogP contribution is -2.18. The van der Waals surface area contributed by atoms with Crippen molar-refractivity contribution >= 4 is 5.97 Å². The molecule has 0 radical (unpaired) electrons. The highest BCUT2D eigenvalue weighted by Crippen LogP contribution is 2.36. The van der Waals surface area contributed by atoms with Gasteiger partial charge in [-0.05, 0) is 19.3 Å². The van der Waals surface area contributed by atoms with Crippen molar-refractivity contribution in [1.29, 1.82) is 0 Å². The van der Waals surface area contributed by atoms with Gasteiger partial charge in [-0.2, -0.15) is 0 Å². The van der Waals surface area contributed by atoms with Gasteiger partial charge in [0.1, 0.15) is 0 Å². The molecule has 74 valence electrons. The maximum Gasteiger partial charge on any atom is 0.328 e. The molecule has 0 atom stereocenters. The van der Waals surface area contributed by atoms with Crippen LogP contribution < -0.4 is 0 Å². The van der Waals surface area contributed by atoms with E-state index in [2.05, 4.69) is 0 Å². The lowest BCUT2D eigenvalue weighted by Gasteiger charge is -2.15. The Morgan fingerprint density at radius 1 is 1.38 bits per heavy atom. The van der Waals surface area contributed by atoms with Crippen LogP contribution in [0.2, 0.25) is 0 Å². The molecule has 0 unspecified atom stereocenters. The second-order valence-electron chi connectivity index (χ2n) is 3.27. The molecule has 2 nitrogen and oxygen atoms in total. The van der Waals surface area contributed by atoms with Crippen molar-refractivity contribution in [2.45, 2.75) is 38.0 Å². The Balaban J connectivity index is 2.83. The second kappa shape index (κ2) is 3.85. The maximum absolute atomic E-state index is 13.2. The minimum atomic E-state index is -2.91. The number of carboxylic acid groups (broad SMARTS) is 1. The molecule has 0 saturated heterocycles. The van der Waals surface area contributed by atoms with E-state index in [1.165, 1.54) is 0 Å². The Hall–Kier alpha value is -0.930. The molecule has 1 aliphatic carbocycles. The smallest absolute Gasteiger partial charge is 0.328 e. The molecule has 0 aliphatic heterocycles. The third-order valence-corrected chi connectivity index (χ3v) is 2.20. The Morgan fingerprint density at radius 3 is 2.69 bits per heavy atom. The van der Waals surface area contributed by atoms with Crippen LogP contribution in [0.15, 0.2) is 11.6 Å². The summed E-state index contributed by atoms with van der Waals surface area (Å²) in [5, 5.41) is 8.38. The van der Waals surface area contributed by atoms with Crippen molar-refractivity contribution < 1.29 is 18.7 Å². The molecule has 0 spiro atoms. The van der Waals surface area contributed by atoms with Crippen LogP contribution in [0, 0.1) is 0 Å². The van der Waals surface area contributed by atoms with Crippen LogP contribution in [0.5, 0.6) is 0 Å². The lowest BCUT2D eigenvalue weighted by atomic mass is 10.0. The zero-order valence-corrected chi connectivity index (χ0v) is 7.22. The van der Waals surface area contributed by atoms with Crippen LogP contribution in [0.1, 0.15) is 32.1 Å². The number of carbonyl (C=O) groups is 1. The maximum atomic E-state index is 13.2.